The van der Waals surface area contributed by atoms with Crippen LogP contribution in [0.5, 0.6) is 5.75 Å². The molecule has 1 amide bonds. The van der Waals surface area contributed by atoms with Gasteiger partial charge in [-0.25, -0.2) is 4.68 Å². The molecular weight excluding hydrogens is 270 g/mol. The van der Waals surface area contributed by atoms with Gasteiger partial charge in [0, 0.05) is 12.1 Å². The largest absolute Gasteiger partial charge is 0.497 e. The standard InChI is InChI=1S/C15H19N3O3/c1-10(2)18-13(7-8-16-18)17-15(20)14(19)11-5-4-6-12(9-11)21-3/h4-10,14,19H,1-3H3,(H,17,20). The number of ether oxygens (including phenoxy) is 1. The number of aromatic nitrogens is 2. The number of methoxy groups -OCH3 is 1. The number of nitrogens with zero attached hydrogens (tertiary/aromatic N) is 2. The van der Waals surface area contributed by atoms with E-state index in [4.69, 9.17) is 4.74 Å². The third-order valence-electron chi connectivity index (χ3n) is 3.07. The molecule has 1 unspecified atom stereocenters. The Kier molecular flexibility index (Phi) is 4.59. The van der Waals surface area contributed by atoms with E-state index >= 15 is 0 Å². The fourth-order valence-electron chi connectivity index (χ4n) is 1.98. The van der Waals surface area contributed by atoms with Crippen LogP contribution in [0.25, 0.3) is 0 Å². The highest BCUT2D eigenvalue weighted by Gasteiger charge is 2.19. The third kappa shape index (κ3) is 3.41. The number of carbonyl (C=O) groups is 1. The SMILES string of the molecule is COc1cccc(C(O)C(=O)Nc2ccnn2C(C)C)c1. The summed E-state index contributed by atoms with van der Waals surface area (Å²) in [7, 11) is 1.53. The van der Waals surface area contributed by atoms with Crippen molar-refractivity contribution < 1.29 is 14.6 Å². The van der Waals surface area contributed by atoms with Gasteiger partial charge in [0.2, 0.25) is 0 Å². The van der Waals surface area contributed by atoms with E-state index < -0.39 is 12.0 Å². The van der Waals surface area contributed by atoms with Gasteiger partial charge in [0.05, 0.1) is 13.3 Å². The summed E-state index contributed by atoms with van der Waals surface area (Å²) in [6.45, 7) is 3.92. The molecule has 2 N–H and O–H groups in total. The van der Waals surface area contributed by atoms with Gasteiger partial charge in [0.1, 0.15) is 11.6 Å². The predicted molar refractivity (Wildman–Crippen MR) is 79.2 cm³/mol. The van der Waals surface area contributed by atoms with Gasteiger partial charge in [-0.2, -0.15) is 5.10 Å². The first-order chi connectivity index (χ1) is 10.0. The van der Waals surface area contributed by atoms with E-state index in [1.54, 1.807) is 41.2 Å². The molecule has 0 aliphatic carbocycles. The van der Waals surface area contributed by atoms with Crippen LogP contribution in [-0.2, 0) is 4.79 Å². The Bertz CT molecular complexity index is 622. The van der Waals surface area contributed by atoms with E-state index in [1.807, 2.05) is 13.8 Å². The predicted octanol–water partition coefficient (Wildman–Crippen LogP) is 2.14. The quantitative estimate of drug-likeness (QED) is 0.884. The summed E-state index contributed by atoms with van der Waals surface area (Å²) in [5.41, 5.74) is 0.475. The van der Waals surface area contributed by atoms with Crippen molar-refractivity contribution in [1.82, 2.24) is 9.78 Å². The lowest BCUT2D eigenvalue weighted by Crippen LogP contribution is -2.23. The minimum atomic E-state index is -1.27. The zero-order valence-electron chi connectivity index (χ0n) is 12.3. The summed E-state index contributed by atoms with van der Waals surface area (Å²) in [5, 5.41) is 16.9. The van der Waals surface area contributed by atoms with Gasteiger partial charge in [-0.05, 0) is 31.5 Å². The summed E-state index contributed by atoms with van der Waals surface area (Å²) in [6, 6.07) is 8.58. The van der Waals surface area contributed by atoms with Crippen LogP contribution in [0.1, 0.15) is 31.6 Å². The Labute approximate surface area is 123 Å². The van der Waals surface area contributed by atoms with Crippen LogP contribution < -0.4 is 10.1 Å². The highest BCUT2D eigenvalue weighted by Crippen LogP contribution is 2.21. The maximum atomic E-state index is 12.1. The van der Waals surface area contributed by atoms with Gasteiger partial charge in [-0.3, -0.25) is 4.79 Å². The normalized spacial score (nSPS) is 12.2. The molecule has 0 bridgehead atoms. The van der Waals surface area contributed by atoms with Crippen molar-refractivity contribution in [2.75, 3.05) is 12.4 Å². The highest BCUT2D eigenvalue weighted by molar-refractivity contribution is 5.94. The average molecular weight is 289 g/mol. The molecule has 0 saturated carbocycles. The fraction of sp³-hybridized carbons (Fsp3) is 0.333. The number of nitrogens with one attached hydrogen (secondary N) is 1. The number of carbonyl (C=O) groups excluding carboxylic acids is 1. The number of anilines is 1. The van der Waals surface area contributed by atoms with Crippen molar-refractivity contribution >= 4 is 11.7 Å². The van der Waals surface area contributed by atoms with Crippen molar-refractivity contribution in [3.05, 3.63) is 42.1 Å². The minimum Gasteiger partial charge on any atom is -0.497 e. The average Bonchev–Trinajstić information content (AvgIpc) is 2.94. The van der Waals surface area contributed by atoms with Gasteiger partial charge in [0.25, 0.3) is 5.91 Å². The molecule has 6 nitrogen and oxygen atoms in total. The Morgan fingerprint density at radius 1 is 1.38 bits per heavy atom. The van der Waals surface area contributed by atoms with Crippen LogP contribution >= 0.6 is 0 Å². The maximum absolute atomic E-state index is 12.1. The number of hydrogen-bond acceptors (Lipinski definition) is 4. The number of aliphatic hydroxyl groups excluding tert-OH is 1. The van der Waals surface area contributed by atoms with E-state index in [2.05, 4.69) is 10.4 Å². The van der Waals surface area contributed by atoms with Crippen molar-refractivity contribution in [2.45, 2.75) is 26.0 Å². The molecule has 1 heterocycles. The van der Waals surface area contributed by atoms with E-state index in [9.17, 15) is 9.90 Å². The number of amides is 1. The molecule has 0 aliphatic rings. The number of hydrogen-bond donors (Lipinski definition) is 2. The molecule has 2 rings (SSSR count). The minimum absolute atomic E-state index is 0.115. The summed E-state index contributed by atoms with van der Waals surface area (Å²) in [5.74, 6) is 0.633. The first kappa shape index (κ1) is 15.1. The molecule has 1 aromatic heterocycles. The zero-order valence-corrected chi connectivity index (χ0v) is 12.3. The van der Waals surface area contributed by atoms with Crippen molar-refractivity contribution in [1.29, 1.82) is 0 Å². The molecule has 0 radical (unpaired) electrons. The Morgan fingerprint density at radius 2 is 2.14 bits per heavy atom. The van der Waals surface area contributed by atoms with Gasteiger partial charge in [-0.1, -0.05) is 12.1 Å². The first-order valence-corrected chi connectivity index (χ1v) is 6.69. The molecule has 6 heteroatoms. The second kappa shape index (κ2) is 6.41. The number of rotatable bonds is 5. The van der Waals surface area contributed by atoms with Crippen molar-refractivity contribution in [3.8, 4) is 5.75 Å². The van der Waals surface area contributed by atoms with Crippen LogP contribution in [0.4, 0.5) is 5.82 Å². The van der Waals surface area contributed by atoms with Crippen LogP contribution in [0, 0.1) is 0 Å². The molecular formula is C15H19N3O3. The topological polar surface area (TPSA) is 76.4 Å². The smallest absolute Gasteiger partial charge is 0.258 e. The first-order valence-electron chi connectivity index (χ1n) is 6.69. The van der Waals surface area contributed by atoms with Crippen LogP contribution in [0.3, 0.4) is 0 Å². The Balaban J connectivity index is 2.14. The van der Waals surface area contributed by atoms with Crippen LogP contribution in [0.15, 0.2) is 36.5 Å². The lowest BCUT2D eigenvalue weighted by molar-refractivity contribution is -0.124. The number of aliphatic hydroxyl groups is 1. The monoisotopic (exact) mass is 289 g/mol. The molecule has 1 aromatic carbocycles. The van der Waals surface area contributed by atoms with Crippen molar-refractivity contribution in [3.63, 3.8) is 0 Å². The molecule has 21 heavy (non-hydrogen) atoms. The molecule has 112 valence electrons. The van der Waals surface area contributed by atoms with E-state index in [-0.39, 0.29) is 6.04 Å². The molecule has 0 spiro atoms. The van der Waals surface area contributed by atoms with Crippen LogP contribution in [0.2, 0.25) is 0 Å². The summed E-state index contributed by atoms with van der Waals surface area (Å²) < 4.78 is 6.76. The Morgan fingerprint density at radius 3 is 2.81 bits per heavy atom. The van der Waals surface area contributed by atoms with E-state index in [0.717, 1.165) is 0 Å². The lowest BCUT2D eigenvalue weighted by Gasteiger charge is -2.15. The second-order valence-corrected chi connectivity index (χ2v) is 4.92. The van der Waals surface area contributed by atoms with E-state index in [1.165, 1.54) is 7.11 Å². The Hall–Kier alpha value is -2.34. The molecule has 0 aliphatic heterocycles. The van der Waals surface area contributed by atoms with Gasteiger partial charge < -0.3 is 15.2 Å². The zero-order chi connectivity index (χ0) is 15.4. The fourth-order valence-corrected chi connectivity index (χ4v) is 1.98. The number of benzene rings is 1. The molecule has 0 saturated heterocycles. The van der Waals surface area contributed by atoms with Gasteiger partial charge in [0.15, 0.2) is 6.10 Å². The lowest BCUT2D eigenvalue weighted by atomic mass is 10.1. The van der Waals surface area contributed by atoms with Gasteiger partial charge >= 0.3 is 0 Å². The molecule has 2 aromatic rings. The molecule has 1 atom stereocenters. The summed E-state index contributed by atoms with van der Waals surface area (Å²) in [6.07, 6.45) is 0.337. The van der Waals surface area contributed by atoms with Gasteiger partial charge in [-0.15, -0.1) is 0 Å². The van der Waals surface area contributed by atoms with Crippen molar-refractivity contribution in [2.24, 2.45) is 0 Å². The highest BCUT2D eigenvalue weighted by atomic mass is 16.5. The maximum Gasteiger partial charge on any atom is 0.258 e. The third-order valence-corrected chi connectivity index (χ3v) is 3.07. The van der Waals surface area contributed by atoms with Crippen LogP contribution in [-0.4, -0.2) is 27.9 Å². The second-order valence-electron chi connectivity index (χ2n) is 4.92. The summed E-state index contributed by atoms with van der Waals surface area (Å²) in [4.78, 5) is 12.1. The van der Waals surface area contributed by atoms with E-state index in [0.29, 0.717) is 17.1 Å². The summed E-state index contributed by atoms with van der Waals surface area (Å²) >= 11 is 0. The molecule has 0 fully saturated rings.